The molecule has 150 valence electrons. The molecular formula is C22H27FN2O2S. The van der Waals surface area contributed by atoms with Crippen LogP contribution in [-0.4, -0.2) is 35.6 Å². The molecule has 0 unspecified atom stereocenters. The Morgan fingerprint density at radius 2 is 1.82 bits per heavy atom. The van der Waals surface area contributed by atoms with Crippen LogP contribution in [0.1, 0.15) is 30.0 Å². The zero-order valence-electron chi connectivity index (χ0n) is 16.6. The van der Waals surface area contributed by atoms with Gasteiger partial charge in [0.05, 0.1) is 5.75 Å². The van der Waals surface area contributed by atoms with Crippen molar-refractivity contribution in [2.75, 3.05) is 12.8 Å². The molecule has 4 nitrogen and oxygen atoms in total. The topological polar surface area (TPSA) is 49.4 Å². The summed E-state index contributed by atoms with van der Waals surface area (Å²) in [5, 5.41) is 2.64. The van der Waals surface area contributed by atoms with Crippen LogP contribution in [0.3, 0.4) is 0 Å². The smallest absolute Gasteiger partial charge is 0.242 e. The Morgan fingerprint density at radius 1 is 1.14 bits per heavy atom. The van der Waals surface area contributed by atoms with Crippen molar-refractivity contribution in [1.82, 2.24) is 10.2 Å². The van der Waals surface area contributed by atoms with Crippen molar-refractivity contribution in [1.29, 1.82) is 0 Å². The quantitative estimate of drug-likeness (QED) is 0.692. The highest BCUT2D eigenvalue weighted by molar-refractivity contribution is 7.99. The average molecular weight is 403 g/mol. The maximum atomic E-state index is 13.2. The van der Waals surface area contributed by atoms with Crippen molar-refractivity contribution >= 4 is 23.6 Å². The number of nitrogens with one attached hydrogen (secondary N) is 1. The number of carbonyl (C=O) groups excluding carboxylic acids is 2. The van der Waals surface area contributed by atoms with E-state index in [0.29, 0.717) is 6.42 Å². The van der Waals surface area contributed by atoms with E-state index in [2.05, 4.69) is 24.4 Å². The Hall–Kier alpha value is -2.34. The minimum atomic E-state index is -0.554. The molecule has 2 aromatic rings. The van der Waals surface area contributed by atoms with Gasteiger partial charge in [0.25, 0.3) is 0 Å². The highest BCUT2D eigenvalue weighted by Gasteiger charge is 2.27. The first-order valence-corrected chi connectivity index (χ1v) is 10.5. The van der Waals surface area contributed by atoms with Gasteiger partial charge in [-0.25, -0.2) is 4.39 Å². The lowest BCUT2D eigenvalue weighted by molar-refractivity contribution is -0.139. The predicted octanol–water partition coefficient (Wildman–Crippen LogP) is 3.92. The second kappa shape index (κ2) is 10.9. The first kappa shape index (κ1) is 22.0. The molecule has 0 aliphatic heterocycles. The van der Waals surface area contributed by atoms with Crippen LogP contribution in [0.2, 0.25) is 0 Å². The summed E-state index contributed by atoms with van der Waals surface area (Å²) in [7, 11) is 1.57. The maximum Gasteiger partial charge on any atom is 0.242 e. The molecule has 0 bridgehead atoms. The molecule has 0 aliphatic rings. The molecule has 0 aromatic heterocycles. The van der Waals surface area contributed by atoms with Crippen molar-refractivity contribution in [3.05, 3.63) is 71.0 Å². The molecule has 0 aliphatic carbocycles. The molecule has 6 heteroatoms. The molecule has 1 atom stereocenters. The van der Waals surface area contributed by atoms with Crippen LogP contribution < -0.4 is 5.32 Å². The molecule has 28 heavy (non-hydrogen) atoms. The number of hydrogen-bond acceptors (Lipinski definition) is 3. The van der Waals surface area contributed by atoms with Crippen molar-refractivity contribution in [3.63, 3.8) is 0 Å². The molecule has 0 radical (unpaired) electrons. The van der Waals surface area contributed by atoms with Gasteiger partial charge in [0.15, 0.2) is 0 Å². The number of rotatable bonds is 9. The van der Waals surface area contributed by atoms with Crippen LogP contribution in [0.5, 0.6) is 0 Å². The van der Waals surface area contributed by atoms with Gasteiger partial charge in [0.1, 0.15) is 11.9 Å². The van der Waals surface area contributed by atoms with Crippen molar-refractivity contribution in [2.45, 2.75) is 38.6 Å². The first-order chi connectivity index (χ1) is 13.5. The summed E-state index contributed by atoms with van der Waals surface area (Å²) in [5.74, 6) is 0.400. The average Bonchev–Trinajstić information content (AvgIpc) is 2.70. The van der Waals surface area contributed by atoms with Gasteiger partial charge < -0.3 is 10.2 Å². The molecule has 0 saturated heterocycles. The lowest BCUT2D eigenvalue weighted by Crippen LogP contribution is -2.48. The minimum absolute atomic E-state index is 0.0987. The fourth-order valence-electron chi connectivity index (χ4n) is 2.98. The Labute approximate surface area is 170 Å². The number of aryl methyl sites for hydroxylation is 1. The van der Waals surface area contributed by atoms with E-state index in [0.717, 1.165) is 11.3 Å². The van der Waals surface area contributed by atoms with Gasteiger partial charge in [0, 0.05) is 19.3 Å². The van der Waals surface area contributed by atoms with E-state index in [4.69, 9.17) is 0 Å². The highest BCUT2D eigenvalue weighted by atomic mass is 32.2. The van der Waals surface area contributed by atoms with Gasteiger partial charge in [-0.15, -0.1) is 11.8 Å². The van der Waals surface area contributed by atoms with Gasteiger partial charge in [0.2, 0.25) is 11.8 Å². The Bertz CT molecular complexity index is 795. The number of hydrogen-bond donors (Lipinski definition) is 1. The van der Waals surface area contributed by atoms with Crippen LogP contribution in [-0.2, 0) is 21.9 Å². The maximum absolute atomic E-state index is 13.2. The predicted molar refractivity (Wildman–Crippen MR) is 112 cm³/mol. The summed E-state index contributed by atoms with van der Waals surface area (Å²) in [6, 6.07) is 13.6. The van der Waals surface area contributed by atoms with E-state index in [9.17, 15) is 14.0 Å². The van der Waals surface area contributed by atoms with Crippen molar-refractivity contribution in [3.8, 4) is 0 Å². The summed E-state index contributed by atoms with van der Waals surface area (Å²) in [6.45, 7) is 4.21. The van der Waals surface area contributed by atoms with Gasteiger partial charge in [-0.1, -0.05) is 43.3 Å². The normalized spacial score (nSPS) is 11.7. The largest absolute Gasteiger partial charge is 0.357 e. The second-order valence-corrected chi connectivity index (χ2v) is 7.59. The minimum Gasteiger partial charge on any atom is -0.357 e. The van der Waals surface area contributed by atoms with E-state index >= 15 is 0 Å². The molecule has 2 aromatic carbocycles. The number of amides is 2. The van der Waals surface area contributed by atoms with Gasteiger partial charge >= 0.3 is 0 Å². The standard InChI is InChI=1S/C22H27FN2O2S/c1-4-20(22(27)24-3)25(13-17-9-11-19(23)12-10-17)21(26)15-28-14-18-8-6-5-7-16(18)2/h5-12,20H,4,13-15H2,1-3H3,(H,24,27)/t20-/m1/s1. The van der Waals surface area contributed by atoms with Crippen LogP contribution in [0.4, 0.5) is 4.39 Å². The van der Waals surface area contributed by atoms with Crippen LogP contribution >= 0.6 is 11.8 Å². The first-order valence-electron chi connectivity index (χ1n) is 9.34. The second-order valence-electron chi connectivity index (χ2n) is 6.61. The Balaban J connectivity index is 2.10. The molecule has 0 spiro atoms. The Kier molecular flexibility index (Phi) is 8.51. The number of likely N-dealkylation sites (N-methyl/N-ethyl adjacent to an activating group) is 1. The Morgan fingerprint density at radius 3 is 2.43 bits per heavy atom. The molecular weight excluding hydrogens is 375 g/mol. The molecule has 0 heterocycles. The summed E-state index contributed by atoms with van der Waals surface area (Å²) < 4.78 is 13.2. The third kappa shape index (κ3) is 6.09. The molecule has 1 N–H and O–H groups in total. The van der Waals surface area contributed by atoms with Gasteiger partial charge in [-0.3, -0.25) is 9.59 Å². The van der Waals surface area contributed by atoms with Gasteiger partial charge in [-0.2, -0.15) is 0 Å². The highest BCUT2D eigenvalue weighted by Crippen LogP contribution is 2.19. The van der Waals surface area contributed by atoms with Crippen LogP contribution in [0, 0.1) is 12.7 Å². The van der Waals surface area contributed by atoms with E-state index in [1.54, 1.807) is 24.1 Å². The van der Waals surface area contributed by atoms with E-state index in [1.807, 2.05) is 19.1 Å². The lowest BCUT2D eigenvalue weighted by Gasteiger charge is -2.30. The van der Waals surface area contributed by atoms with Gasteiger partial charge in [-0.05, 0) is 42.2 Å². The fourth-order valence-corrected chi connectivity index (χ4v) is 3.96. The third-order valence-corrected chi connectivity index (χ3v) is 5.61. The fraction of sp³-hybridized carbons (Fsp3) is 0.364. The zero-order chi connectivity index (χ0) is 20.5. The third-order valence-electron chi connectivity index (χ3n) is 4.64. The SMILES string of the molecule is CC[C@H](C(=O)NC)N(Cc1ccc(F)cc1)C(=O)CSCc1ccccc1C. The summed E-state index contributed by atoms with van der Waals surface area (Å²) in [4.78, 5) is 26.9. The summed E-state index contributed by atoms with van der Waals surface area (Å²) >= 11 is 1.53. The number of carbonyl (C=O) groups is 2. The summed E-state index contributed by atoms with van der Waals surface area (Å²) in [6.07, 6.45) is 0.509. The van der Waals surface area contributed by atoms with E-state index < -0.39 is 6.04 Å². The lowest BCUT2D eigenvalue weighted by atomic mass is 10.1. The van der Waals surface area contributed by atoms with E-state index in [1.165, 1.54) is 35.0 Å². The van der Waals surface area contributed by atoms with Crippen molar-refractivity contribution < 1.29 is 14.0 Å². The molecule has 2 rings (SSSR count). The molecule has 0 fully saturated rings. The van der Waals surface area contributed by atoms with E-state index in [-0.39, 0.29) is 29.9 Å². The monoisotopic (exact) mass is 402 g/mol. The summed E-state index contributed by atoms with van der Waals surface area (Å²) in [5.41, 5.74) is 3.19. The van der Waals surface area contributed by atoms with Crippen LogP contribution in [0.25, 0.3) is 0 Å². The number of nitrogens with zero attached hydrogens (tertiary/aromatic N) is 1. The molecule has 2 amide bonds. The zero-order valence-corrected chi connectivity index (χ0v) is 17.4. The van der Waals surface area contributed by atoms with Crippen molar-refractivity contribution in [2.24, 2.45) is 0 Å². The number of thioether (sulfide) groups is 1. The number of halogens is 1. The molecule has 0 saturated carbocycles. The van der Waals surface area contributed by atoms with Crippen LogP contribution in [0.15, 0.2) is 48.5 Å². The number of benzene rings is 2.